The van der Waals surface area contributed by atoms with Crippen molar-refractivity contribution in [1.29, 1.82) is 0 Å². The summed E-state index contributed by atoms with van der Waals surface area (Å²) in [4.78, 5) is 36.0. The van der Waals surface area contributed by atoms with E-state index in [1.54, 1.807) is 6.20 Å². The molecule has 7 heteroatoms. The number of nitrogens with one attached hydrogen (secondary N) is 2. The molecule has 2 N–H and O–H groups in total. The zero-order valence-corrected chi connectivity index (χ0v) is 14.0. The van der Waals surface area contributed by atoms with E-state index in [2.05, 4.69) is 20.2 Å². The molecule has 2 aliphatic rings. The van der Waals surface area contributed by atoms with Crippen LogP contribution in [0.1, 0.15) is 39.4 Å². The maximum absolute atomic E-state index is 12.8. The number of carbonyl (C=O) groups excluding carboxylic acids is 2. The minimum Gasteiger partial charge on any atom is -0.348 e. The summed E-state index contributed by atoms with van der Waals surface area (Å²) in [6.45, 7) is 8.13. The SMILES string of the molecule is CC(C)N1C(=O)N[C@@](C)([C@H]2CCCN(Cc3ncc[nH]3)C2)C1=O. The van der Waals surface area contributed by atoms with Gasteiger partial charge in [0.1, 0.15) is 11.4 Å². The van der Waals surface area contributed by atoms with Gasteiger partial charge in [0.15, 0.2) is 0 Å². The highest BCUT2D eigenvalue weighted by atomic mass is 16.2. The van der Waals surface area contributed by atoms with Crippen LogP contribution in [-0.2, 0) is 11.3 Å². The van der Waals surface area contributed by atoms with E-state index in [1.165, 1.54) is 4.90 Å². The van der Waals surface area contributed by atoms with Crippen molar-refractivity contribution in [2.75, 3.05) is 13.1 Å². The van der Waals surface area contributed by atoms with Crippen molar-refractivity contribution < 1.29 is 9.59 Å². The van der Waals surface area contributed by atoms with E-state index < -0.39 is 5.54 Å². The van der Waals surface area contributed by atoms with Gasteiger partial charge in [0.05, 0.1) is 6.54 Å². The number of likely N-dealkylation sites (tertiary alicyclic amines) is 1. The van der Waals surface area contributed by atoms with E-state index in [4.69, 9.17) is 0 Å². The first-order valence-electron chi connectivity index (χ1n) is 8.28. The normalized spacial score (nSPS) is 29.4. The number of rotatable bonds is 4. The summed E-state index contributed by atoms with van der Waals surface area (Å²) in [7, 11) is 0. The van der Waals surface area contributed by atoms with Gasteiger partial charge < -0.3 is 10.3 Å². The third-order valence-corrected chi connectivity index (χ3v) is 5.02. The Hall–Kier alpha value is -1.89. The fraction of sp³-hybridized carbons (Fsp3) is 0.688. The molecular weight excluding hydrogens is 294 g/mol. The van der Waals surface area contributed by atoms with Crippen LogP contribution in [0.3, 0.4) is 0 Å². The van der Waals surface area contributed by atoms with Gasteiger partial charge in [0.2, 0.25) is 0 Å². The summed E-state index contributed by atoms with van der Waals surface area (Å²) < 4.78 is 0. The van der Waals surface area contributed by atoms with Gasteiger partial charge in [-0.2, -0.15) is 0 Å². The maximum Gasteiger partial charge on any atom is 0.325 e. The second-order valence-electron chi connectivity index (χ2n) is 7.01. The number of hydrogen-bond acceptors (Lipinski definition) is 4. The molecule has 0 bridgehead atoms. The Bertz CT molecular complexity index is 585. The van der Waals surface area contributed by atoms with Crippen molar-refractivity contribution in [1.82, 2.24) is 25.1 Å². The maximum atomic E-state index is 12.8. The van der Waals surface area contributed by atoms with Gasteiger partial charge in [0.25, 0.3) is 5.91 Å². The highest BCUT2D eigenvalue weighted by molar-refractivity contribution is 6.07. The number of hydrogen-bond donors (Lipinski definition) is 2. The van der Waals surface area contributed by atoms with Gasteiger partial charge in [-0.1, -0.05) is 0 Å². The highest BCUT2D eigenvalue weighted by Gasteiger charge is 2.53. The Morgan fingerprint density at radius 3 is 2.83 bits per heavy atom. The molecule has 0 unspecified atom stereocenters. The molecule has 0 aliphatic carbocycles. The molecule has 23 heavy (non-hydrogen) atoms. The molecule has 2 atom stereocenters. The molecule has 0 spiro atoms. The van der Waals surface area contributed by atoms with Crippen LogP contribution in [0.5, 0.6) is 0 Å². The molecule has 1 aromatic rings. The molecule has 2 aliphatic heterocycles. The first kappa shape index (κ1) is 16.0. The highest BCUT2D eigenvalue weighted by Crippen LogP contribution is 2.33. The molecule has 2 saturated heterocycles. The number of amides is 3. The number of imide groups is 1. The Balaban J connectivity index is 1.73. The number of nitrogens with zero attached hydrogens (tertiary/aromatic N) is 3. The van der Waals surface area contributed by atoms with Gasteiger partial charge in [0, 0.05) is 30.9 Å². The first-order chi connectivity index (χ1) is 10.9. The molecule has 126 valence electrons. The molecule has 0 saturated carbocycles. The lowest BCUT2D eigenvalue weighted by atomic mass is 9.80. The van der Waals surface area contributed by atoms with E-state index in [0.717, 1.165) is 38.3 Å². The number of H-pyrrole nitrogens is 1. The van der Waals surface area contributed by atoms with Gasteiger partial charge in [-0.05, 0) is 40.2 Å². The zero-order valence-electron chi connectivity index (χ0n) is 14.0. The van der Waals surface area contributed by atoms with E-state index in [9.17, 15) is 9.59 Å². The summed E-state index contributed by atoms with van der Waals surface area (Å²) in [6.07, 6.45) is 5.54. The van der Waals surface area contributed by atoms with Crippen molar-refractivity contribution in [3.63, 3.8) is 0 Å². The van der Waals surface area contributed by atoms with Crippen LogP contribution in [0.15, 0.2) is 12.4 Å². The average Bonchev–Trinajstić information content (AvgIpc) is 3.07. The van der Waals surface area contributed by atoms with Crippen LogP contribution in [0.25, 0.3) is 0 Å². The number of piperidine rings is 1. The molecule has 0 aromatic carbocycles. The van der Waals surface area contributed by atoms with Crippen LogP contribution >= 0.6 is 0 Å². The van der Waals surface area contributed by atoms with Crippen LogP contribution in [-0.4, -0.2) is 56.4 Å². The fourth-order valence-electron chi connectivity index (χ4n) is 3.69. The molecule has 3 heterocycles. The van der Waals surface area contributed by atoms with Crippen molar-refractivity contribution in [2.45, 2.75) is 51.7 Å². The molecular formula is C16H25N5O2. The van der Waals surface area contributed by atoms with E-state index in [-0.39, 0.29) is 23.9 Å². The van der Waals surface area contributed by atoms with Gasteiger partial charge in [-0.3, -0.25) is 14.6 Å². The molecule has 7 nitrogen and oxygen atoms in total. The summed E-state index contributed by atoms with van der Waals surface area (Å²) >= 11 is 0. The van der Waals surface area contributed by atoms with Crippen LogP contribution in [0, 0.1) is 5.92 Å². The monoisotopic (exact) mass is 319 g/mol. The van der Waals surface area contributed by atoms with Crippen LogP contribution < -0.4 is 5.32 Å². The largest absolute Gasteiger partial charge is 0.348 e. The van der Waals surface area contributed by atoms with E-state index >= 15 is 0 Å². The van der Waals surface area contributed by atoms with Gasteiger partial charge in [-0.25, -0.2) is 9.78 Å². The van der Waals surface area contributed by atoms with Crippen molar-refractivity contribution in [2.24, 2.45) is 5.92 Å². The molecule has 1 aromatic heterocycles. The van der Waals surface area contributed by atoms with Gasteiger partial charge in [-0.15, -0.1) is 0 Å². The Morgan fingerprint density at radius 1 is 1.43 bits per heavy atom. The molecule has 3 rings (SSSR count). The smallest absolute Gasteiger partial charge is 0.325 e. The lowest BCUT2D eigenvalue weighted by Crippen LogP contribution is -2.56. The minimum absolute atomic E-state index is 0.0950. The summed E-state index contributed by atoms with van der Waals surface area (Å²) in [5.74, 6) is 0.954. The predicted molar refractivity (Wildman–Crippen MR) is 85.5 cm³/mol. The Kier molecular flexibility index (Phi) is 4.14. The predicted octanol–water partition coefficient (Wildman–Crippen LogP) is 1.34. The number of carbonyl (C=O) groups is 2. The van der Waals surface area contributed by atoms with Crippen LogP contribution in [0.4, 0.5) is 4.79 Å². The quantitative estimate of drug-likeness (QED) is 0.821. The third kappa shape index (κ3) is 2.85. The third-order valence-electron chi connectivity index (χ3n) is 5.02. The lowest BCUT2D eigenvalue weighted by Gasteiger charge is -2.39. The number of urea groups is 1. The Morgan fingerprint density at radius 2 is 2.22 bits per heavy atom. The number of aromatic amines is 1. The standard InChI is InChI=1S/C16H25N5O2/c1-11(2)21-14(22)16(3,19-15(21)23)12-5-4-8-20(9-12)10-13-17-6-7-18-13/h6-7,11-12H,4-5,8-10H2,1-3H3,(H,17,18)(H,19,23)/t12-,16-/m0/s1. The Labute approximate surface area is 136 Å². The number of aromatic nitrogens is 2. The fourth-order valence-corrected chi connectivity index (χ4v) is 3.69. The molecule has 3 amide bonds. The lowest BCUT2D eigenvalue weighted by molar-refractivity contribution is -0.134. The summed E-state index contributed by atoms with van der Waals surface area (Å²) in [6, 6.07) is -0.386. The van der Waals surface area contributed by atoms with Gasteiger partial charge >= 0.3 is 6.03 Å². The second kappa shape index (κ2) is 5.96. The van der Waals surface area contributed by atoms with E-state index in [0.29, 0.717) is 0 Å². The van der Waals surface area contributed by atoms with E-state index in [1.807, 2.05) is 27.0 Å². The second-order valence-corrected chi connectivity index (χ2v) is 7.01. The summed E-state index contributed by atoms with van der Waals surface area (Å²) in [5, 5.41) is 2.95. The molecule has 2 fully saturated rings. The number of imidazole rings is 1. The topological polar surface area (TPSA) is 81.3 Å². The van der Waals surface area contributed by atoms with Crippen molar-refractivity contribution in [3.05, 3.63) is 18.2 Å². The zero-order chi connectivity index (χ0) is 16.6. The summed E-state index contributed by atoms with van der Waals surface area (Å²) in [5.41, 5.74) is -0.802. The van der Waals surface area contributed by atoms with Crippen molar-refractivity contribution in [3.8, 4) is 0 Å². The minimum atomic E-state index is -0.802. The molecule has 0 radical (unpaired) electrons. The van der Waals surface area contributed by atoms with Crippen LogP contribution in [0.2, 0.25) is 0 Å². The average molecular weight is 319 g/mol. The van der Waals surface area contributed by atoms with Crippen molar-refractivity contribution >= 4 is 11.9 Å². The first-order valence-corrected chi connectivity index (χ1v) is 8.28.